The highest BCUT2D eigenvalue weighted by atomic mass is 16.3. The van der Waals surface area contributed by atoms with E-state index in [0.29, 0.717) is 12.8 Å². The number of hydrogen-bond acceptors (Lipinski definition) is 4. The molecule has 0 radical (unpaired) electrons. The molecule has 55 heavy (non-hydrogen) atoms. The maximum absolute atomic E-state index is 12.5. The van der Waals surface area contributed by atoms with E-state index in [9.17, 15) is 20.1 Å². The Kier molecular flexibility index (Phi) is 45.0. The molecule has 0 rings (SSSR count). The molecular weight excluding hydrogens is 679 g/mol. The molecule has 0 aliphatic heterocycles. The van der Waals surface area contributed by atoms with Crippen LogP contribution in [0.2, 0.25) is 0 Å². The number of nitrogens with one attached hydrogen (secondary N) is 1. The summed E-state index contributed by atoms with van der Waals surface area (Å²) < 4.78 is 0. The van der Waals surface area contributed by atoms with E-state index in [1.165, 1.54) is 212 Å². The molecule has 5 nitrogen and oxygen atoms in total. The summed E-state index contributed by atoms with van der Waals surface area (Å²) in [6.45, 7) is 4.20. The van der Waals surface area contributed by atoms with Gasteiger partial charge >= 0.3 is 0 Å². The Morgan fingerprint density at radius 1 is 0.436 bits per heavy atom. The van der Waals surface area contributed by atoms with Crippen molar-refractivity contribution in [3.05, 3.63) is 12.2 Å². The summed E-state index contributed by atoms with van der Waals surface area (Å²) in [7, 11) is 0. The molecule has 0 saturated heterocycles. The van der Waals surface area contributed by atoms with Gasteiger partial charge in [-0.3, -0.25) is 4.79 Å². The Morgan fingerprint density at radius 3 is 1.05 bits per heavy atom. The van der Waals surface area contributed by atoms with Crippen LogP contribution in [0.3, 0.4) is 0 Å². The van der Waals surface area contributed by atoms with Crippen LogP contribution in [0.1, 0.15) is 277 Å². The predicted molar refractivity (Wildman–Crippen MR) is 241 cm³/mol. The fraction of sp³-hybridized carbons (Fsp3) is 0.940. The Bertz CT molecular complexity index is 773. The maximum atomic E-state index is 12.5. The lowest BCUT2D eigenvalue weighted by molar-refractivity contribution is -0.124. The third-order valence-electron chi connectivity index (χ3n) is 11.9. The average Bonchev–Trinajstić information content (AvgIpc) is 3.19. The Labute approximate surface area is 344 Å². The third-order valence-corrected chi connectivity index (χ3v) is 11.9. The summed E-state index contributed by atoms with van der Waals surface area (Å²) in [5.41, 5.74) is 0. The summed E-state index contributed by atoms with van der Waals surface area (Å²) in [6, 6.07) is -0.821. The van der Waals surface area contributed by atoms with Crippen molar-refractivity contribution in [3.63, 3.8) is 0 Å². The summed E-state index contributed by atoms with van der Waals surface area (Å²) in [4.78, 5) is 12.5. The number of rotatable bonds is 46. The highest BCUT2D eigenvalue weighted by Crippen LogP contribution is 2.17. The Hall–Kier alpha value is -0.910. The van der Waals surface area contributed by atoms with E-state index in [1.807, 2.05) is 0 Å². The van der Waals surface area contributed by atoms with Crippen LogP contribution in [0.15, 0.2) is 12.2 Å². The SMILES string of the molecule is CCCCCCCCCCCCCCCCCC/C=C/CCCC(O)C(O)C(CO)NC(=O)CCCCCCCCCCCCCCCCCCCCCC. The first-order valence-electron chi connectivity index (χ1n) is 25.0. The first-order valence-corrected chi connectivity index (χ1v) is 25.0. The lowest BCUT2D eigenvalue weighted by Gasteiger charge is -2.26. The first-order chi connectivity index (χ1) is 27.1. The van der Waals surface area contributed by atoms with Gasteiger partial charge in [-0.2, -0.15) is 0 Å². The lowest BCUT2D eigenvalue weighted by atomic mass is 10.0. The molecule has 328 valence electrons. The number of carbonyl (C=O) groups is 1. The van der Waals surface area contributed by atoms with Crippen molar-refractivity contribution in [1.29, 1.82) is 0 Å². The van der Waals surface area contributed by atoms with Crippen LogP contribution in [-0.2, 0) is 4.79 Å². The van der Waals surface area contributed by atoms with E-state index in [1.54, 1.807) is 0 Å². The highest BCUT2D eigenvalue weighted by Gasteiger charge is 2.26. The molecule has 3 atom stereocenters. The molecule has 1 amide bonds. The molecule has 0 aromatic rings. The van der Waals surface area contributed by atoms with Crippen molar-refractivity contribution in [3.8, 4) is 0 Å². The molecule has 4 N–H and O–H groups in total. The second kappa shape index (κ2) is 45.8. The van der Waals surface area contributed by atoms with Gasteiger partial charge in [-0.05, 0) is 38.5 Å². The van der Waals surface area contributed by atoms with Crippen LogP contribution in [0, 0.1) is 0 Å². The van der Waals surface area contributed by atoms with E-state index >= 15 is 0 Å². The third kappa shape index (κ3) is 41.1. The number of aliphatic hydroxyl groups excluding tert-OH is 3. The Balaban J connectivity index is 3.59. The summed E-state index contributed by atoms with van der Waals surface area (Å²) in [5.74, 6) is -0.148. The van der Waals surface area contributed by atoms with Gasteiger partial charge < -0.3 is 20.6 Å². The average molecular weight is 778 g/mol. The second-order valence-electron chi connectivity index (χ2n) is 17.4. The van der Waals surface area contributed by atoms with E-state index in [2.05, 4.69) is 31.3 Å². The fourth-order valence-corrected chi connectivity index (χ4v) is 7.99. The standard InChI is InChI=1S/C50H99NO4/c1-3-5-7-9-11-13-15-17-19-21-23-25-26-28-30-32-34-36-38-40-42-44-48(53)50(55)47(46-52)51-49(54)45-43-41-39-37-35-33-31-29-27-24-22-20-18-16-14-12-10-8-6-4-2/h36,38,47-48,50,52-53,55H,3-35,37,39-46H2,1-2H3,(H,51,54)/b38-36+. The van der Waals surface area contributed by atoms with E-state index in [0.717, 1.165) is 38.5 Å². The molecule has 3 unspecified atom stereocenters. The van der Waals surface area contributed by atoms with Crippen molar-refractivity contribution in [2.45, 2.75) is 295 Å². The Morgan fingerprint density at radius 2 is 0.727 bits per heavy atom. The molecule has 0 heterocycles. The van der Waals surface area contributed by atoms with E-state index < -0.39 is 18.2 Å². The zero-order valence-corrected chi connectivity index (χ0v) is 37.3. The highest BCUT2D eigenvalue weighted by molar-refractivity contribution is 5.76. The minimum atomic E-state index is -1.15. The smallest absolute Gasteiger partial charge is 0.220 e. The van der Waals surface area contributed by atoms with Gasteiger partial charge in [-0.15, -0.1) is 0 Å². The summed E-state index contributed by atoms with van der Waals surface area (Å²) >= 11 is 0. The summed E-state index contributed by atoms with van der Waals surface area (Å²) in [5, 5.41) is 33.6. The monoisotopic (exact) mass is 778 g/mol. The van der Waals surface area contributed by atoms with Crippen molar-refractivity contribution in [2.24, 2.45) is 0 Å². The maximum Gasteiger partial charge on any atom is 0.220 e. The first kappa shape index (κ1) is 54.1. The topological polar surface area (TPSA) is 89.8 Å². The van der Waals surface area contributed by atoms with E-state index in [4.69, 9.17) is 0 Å². The molecule has 0 aliphatic rings. The number of carbonyl (C=O) groups excluding carboxylic acids is 1. The number of allylic oxidation sites excluding steroid dienone is 2. The molecule has 0 aliphatic carbocycles. The van der Waals surface area contributed by atoms with Crippen LogP contribution in [0.4, 0.5) is 0 Å². The van der Waals surface area contributed by atoms with Crippen LogP contribution in [0.5, 0.6) is 0 Å². The van der Waals surface area contributed by atoms with E-state index in [-0.39, 0.29) is 12.5 Å². The number of amides is 1. The van der Waals surface area contributed by atoms with Gasteiger partial charge in [0.05, 0.1) is 18.8 Å². The van der Waals surface area contributed by atoms with Crippen LogP contribution >= 0.6 is 0 Å². The number of hydrogen-bond donors (Lipinski definition) is 4. The molecule has 0 aromatic carbocycles. The van der Waals surface area contributed by atoms with Gasteiger partial charge in [0.2, 0.25) is 5.91 Å². The molecule has 0 fully saturated rings. The zero-order chi connectivity index (χ0) is 40.1. The predicted octanol–water partition coefficient (Wildman–Crippen LogP) is 14.8. The van der Waals surface area contributed by atoms with Crippen molar-refractivity contribution >= 4 is 5.91 Å². The van der Waals surface area contributed by atoms with Crippen molar-refractivity contribution in [2.75, 3.05) is 6.61 Å². The quantitative estimate of drug-likeness (QED) is 0.0366. The minimum absolute atomic E-state index is 0.148. The zero-order valence-electron chi connectivity index (χ0n) is 37.3. The van der Waals surface area contributed by atoms with Gasteiger partial charge in [-0.25, -0.2) is 0 Å². The molecule has 0 bridgehead atoms. The molecule has 0 aromatic heterocycles. The second-order valence-corrected chi connectivity index (χ2v) is 17.4. The fourth-order valence-electron chi connectivity index (χ4n) is 7.99. The van der Waals surface area contributed by atoms with Gasteiger partial charge in [0, 0.05) is 6.42 Å². The normalized spacial score (nSPS) is 13.5. The van der Waals surface area contributed by atoms with Crippen molar-refractivity contribution < 1.29 is 20.1 Å². The van der Waals surface area contributed by atoms with Crippen molar-refractivity contribution in [1.82, 2.24) is 5.32 Å². The van der Waals surface area contributed by atoms with Crippen LogP contribution in [-0.4, -0.2) is 46.1 Å². The van der Waals surface area contributed by atoms with Gasteiger partial charge in [0.25, 0.3) is 0 Å². The molecule has 0 saturated carbocycles. The van der Waals surface area contributed by atoms with Gasteiger partial charge in [0.15, 0.2) is 0 Å². The molecular formula is C50H99NO4. The van der Waals surface area contributed by atoms with Crippen LogP contribution < -0.4 is 5.32 Å². The summed E-state index contributed by atoms with van der Waals surface area (Å²) in [6.07, 6.45) is 54.8. The van der Waals surface area contributed by atoms with Gasteiger partial charge in [0.1, 0.15) is 6.10 Å². The van der Waals surface area contributed by atoms with Gasteiger partial charge in [-0.1, -0.05) is 244 Å². The van der Waals surface area contributed by atoms with Crippen LogP contribution in [0.25, 0.3) is 0 Å². The number of unbranched alkanes of at least 4 members (excludes halogenated alkanes) is 36. The molecule has 0 spiro atoms. The number of aliphatic hydroxyl groups is 3. The lowest BCUT2D eigenvalue weighted by Crippen LogP contribution is -2.50. The largest absolute Gasteiger partial charge is 0.394 e. The minimum Gasteiger partial charge on any atom is -0.394 e. The molecule has 5 heteroatoms.